The summed E-state index contributed by atoms with van der Waals surface area (Å²) in [5.74, 6) is 7.56. The smallest absolute Gasteiger partial charge is 0.0797 e. The molecule has 0 bridgehead atoms. The van der Waals surface area contributed by atoms with Gasteiger partial charge in [-0.1, -0.05) is 69.2 Å². The molecular formula is C27H38O2. The van der Waals surface area contributed by atoms with Crippen molar-refractivity contribution in [1.29, 1.82) is 0 Å². The van der Waals surface area contributed by atoms with Crippen LogP contribution in [-0.2, 0) is 0 Å². The lowest BCUT2D eigenvalue weighted by Gasteiger charge is -2.43. The van der Waals surface area contributed by atoms with Crippen LogP contribution in [0.25, 0.3) is 0 Å². The minimum atomic E-state index is -0.416. The van der Waals surface area contributed by atoms with Crippen molar-refractivity contribution in [3.8, 4) is 11.8 Å². The molecule has 0 amide bonds. The van der Waals surface area contributed by atoms with Crippen LogP contribution in [0.1, 0.15) is 72.6 Å². The number of hydrogen-bond donors (Lipinski definition) is 2. The van der Waals surface area contributed by atoms with Gasteiger partial charge in [-0.15, -0.1) is 11.8 Å². The van der Waals surface area contributed by atoms with Crippen molar-refractivity contribution < 1.29 is 10.2 Å². The van der Waals surface area contributed by atoms with Gasteiger partial charge in [0, 0.05) is 18.3 Å². The lowest BCUT2D eigenvalue weighted by Crippen LogP contribution is -2.36. The molecule has 3 aliphatic rings. The molecule has 0 aromatic heterocycles. The third-order valence-electron chi connectivity index (χ3n) is 7.12. The molecule has 1 unspecified atom stereocenters. The quantitative estimate of drug-likeness (QED) is 0.474. The van der Waals surface area contributed by atoms with Crippen LogP contribution in [0.5, 0.6) is 0 Å². The Morgan fingerprint density at radius 3 is 2.72 bits per heavy atom. The van der Waals surface area contributed by atoms with E-state index in [2.05, 4.69) is 64.3 Å². The van der Waals surface area contributed by atoms with E-state index in [9.17, 15) is 10.2 Å². The molecule has 2 saturated carbocycles. The number of allylic oxidation sites excluding steroid dienone is 4. The molecule has 2 fully saturated rings. The Labute approximate surface area is 177 Å². The van der Waals surface area contributed by atoms with Crippen molar-refractivity contribution >= 4 is 0 Å². The maximum Gasteiger partial charge on any atom is 0.0797 e. The molecule has 0 radical (unpaired) electrons. The van der Waals surface area contributed by atoms with Gasteiger partial charge in [0.05, 0.1) is 12.2 Å². The number of hydrogen-bond acceptors (Lipinski definition) is 2. The first-order chi connectivity index (χ1) is 13.7. The summed E-state index contributed by atoms with van der Waals surface area (Å²) in [7, 11) is 0. The normalized spacial score (nSPS) is 36.0. The van der Waals surface area contributed by atoms with E-state index in [4.69, 9.17) is 0 Å². The third-order valence-corrected chi connectivity index (χ3v) is 7.12. The summed E-state index contributed by atoms with van der Waals surface area (Å²) < 4.78 is 0. The predicted octanol–water partition coefficient (Wildman–Crippen LogP) is 5.73. The van der Waals surface area contributed by atoms with Crippen molar-refractivity contribution in [2.24, 2.45) is 23.2 Å². The van der Waals surface area contributed by atoms with Crippen LogP contribution in [0.2, 0.25) is 0 Å². The van der Waals surface area contributed by atoms with Crippen molar-refractivity contribution in [3.05, 3.63) is 47.1 Å². The van der Waals surface area contributed by atoms with Crippen molar-refractivity contribution in [2.75, 3.05) is 0 Å². The summed E-state index contributed by atoms with van der Waals surface area (Å²) in [6.45, 7) is 13.0. The van der Waals surface area contributed by atoms with Crippen molar-refractivity contribution in [3.63, 3.8) is 0 Å². The van der Waals surface area contributed by atoms with E-state index in [1.165, 1.54) is 16.7 Å². The van der Waals surface area contributed by atoms with E-state index in [0.29, 0.717) is 18.3 Å². The molecule has 3 rings (SSSR count). The average molecular weight is 395 g/mol. The van der Waals surface area contributed by atoms with Gasteiger partial charge in [0.25, 0.3) is 0 Å². The summed E-state index contributed by atoms with van der Waals surface area (Å²) >= 11 is 0. The summed E-state index contributed by atoms with van der Waals surface area (Å²) in [5.41, 5.74) is 5.07. The summed E-state index contributed by atoms with van der Waals surface area (Å²) in [6.07, 6.45) is 12.4. The molecular weight excluding hydrogens is 356 g/mol. The Bertz CT molecular complexity index is 785. The third kappa shape index (κ3) is 4.79. The zero-order valence-electron chi connectivity index (χ0n) is 18.7. The van der Waals surface area contributed by atoms with Crippen LogP contribution in [-0.4, -0.2) is 22.4 Å². The number of rotatable bonds is 3. The Kier molecular flexibility index (Phi) is 6.92. The van der Waals surface area contributed by atoms with Gasteiger partial charge >= 0.3 is 0 Å². The molecule has 2 N–H and O–H groups in total. The predicted molar refractivity (Wildman–Crippen MR) is 121 cm³/mol. The van der Waals surface area contributed by atoms with Gasteiger partial charge < -0.3 is 10.2 Å². The fourth-order valence-electron chi connectivity index (χ4n) is 5.61. The molecule has 29 heavy (non-hydrogen) atoms. The molecule has 0 aromatic carbocycles. The number of fused-ring (bicyclic) bond motifs is 1. The van der Waals surface area contributed by atoms with Gasteiger partial charge in [-0.2, -0.15) is 0 Å². The highest BCUT2D eigenvalue weighted by atomic mass is 16.3. The molecule has 0 spiro atoms. The molecule has 0 aliphatic heterocycles. The molecule has 0 aromatic rings. The van der Waals surface area contributed by atoms with Gasteiger partial charge in [-0.3, -0.25) is 0 Å². The van der Waals surface area contributed by atoms with Crippen molar-refractivity contribution in [1.82, 2.24) is 0 Å². The second kappa shape index (κ2) is 9.07. The lowest BCUT2D eigenvalue weighted by molar-refractivity contribution is 0.0981. The van der Waals surface area contributed by atoms with Crippen LogP contribution < -0.4 is 0 Å². The Hall–Kier alpha value is -1.56. The summed E-state index contributed by atoms with van der Waals surface area (Å²) in [6, 6.07) is 0. The van der Waals surface area contributed by atoms with Crippen LogP contribution in [0, 0.1) is 35.0 Å². The molecule has 2 nitrogen and oxygen atoms in total. The summed E-state index contributed by atoms with van der Waals surface area (Å²) in [5, 5.41) is 21.0. The zero-order valence-corrected chi connectivity index (χ0v) is 18.7. The highest BCUT2D eigenvalue weighted by molar-refractivity contribution is 5.40. The molecule has 0 saturated heterocycles. The number of aliphatic hydroxyl groups excluding tert-OH is 2. The lowest BCUT2D eigenvalue weighted by atomic mass is 9.61. The Morgan fingerprint density at radius 1 is 1.24 bits per heavy atom. The summed E-state index contributed by atoms with van der Waals surface area (Å²) in [4.78, 5) is 0. The largest absolute Gasteiger partial charge is 0.393 e. The monoisotopic (exact) mass is 394 g/mol. The maximum absolute atomic E-state index is 11.0. The highest BCUT2D eigenvalue weighted by Crippen LogP contribution is 2.56. The Morgan fingerprint density at radius 2 is 2.00 bits per heavy atom. The van der Waals surface area contributed by atoms with Gasteiger partial charge in [-0.05, 0) is 55.4 Å². The minimum Gasteiger partial charge on any atom is -0.393 e. The van der Waals surface area contributed by atoms with Gasteiger partial charge in [0.2, 0.25) is 0 Å². The molecule has 5 atom stereocenters. The fraction of sp³-hybridized carbons (Fsp3) is 0.630. The van der Waals surface area contributed by atoms with Gasteiger partial charge in [0.1, 0.15) is 0 Å². The van der Waals surface area contributed by atoms with E-state index >= 15 is 0 Å². The number of aliphatic hydroxyl groups is 2. The van der Waals surface area contributed by atoms with Crippen LogP contribution in [0.15, 0.2) is 47.1 Å². The van der Waals surface area contributed by atoms with E-state index in [-0.39, 0.29) is 17.4 Å². The van der Waals surface area contributed by atoms with E-state index in [1.54, 1.807) is 0 Å². The zero-order chi connectivity index (χ0) is 21.2. The highest BCUT2D eigenvalue weighted by Gasteiger charge is 2.50. The Balaban J connectivity index is 1.82. The second-order valence-corrected chi connectivity index (χ2v) is 9.88. The first kappa shape index (κ1) is 22.1. The molecule has 0 heterocycles. The van der Waals surface area contributed by atoms with Crippen LogP contribution in [0.4, 0.5) is 0 Å². The van der Waals surface area contributed by atoms with Gasteiger partial charge in [-0.25, -0.2) is 0 Å². The van der Waals surface area contributed by atoms with Crippen LogP contribution >= 0.6 is 0 Å². The SMILES string of the molecule is C=C1CC[C@@H](O)CC1=CC=C1CCC[C@]2(C)C([C@H](C)CC#CC(C)C)=CC(O)[C@@H]12. The molecule has 2 heteroatoms. The average Bonchev–Trinajstić information content (AvgIpc) is 2.93. The van der Waals surface area contributed by atoms with Gasteiger partial charge in [0.15, 0.2) is 0 Å². The van der Waals surface area contributed by atoms with E-state index in [0.717, 1.165) is 44.1 Å². The van der Waals surface area contributed by atoms with E-state index < -0.39 is 6.10 Å². The topological polar surface area (TPSA) is 40.5 Å². The van der Waals surface area contributed by atoms with Crippen molar-refractivity contribution in [2.45, 2.75) is 84.8 Å². The second-order valence-electron chi connectivity index (χ2n) is 9.88. The van der Waals surface area contributed by atoms with Crippen LogP contribution in [0.3, 0.4) is 0 Å². The maximum atomic E-state index is 11.0. The minimum absolute atomic E-state index is 0.0179. The molecule has 158 valence electrons. The first-order valence-electron chi connectivity index (χ1n) is 11.4. The molecule has 3 aliphatic carbocycles. The van der Waals surface area contributed by atoms with E-state index in [1.807, 2.05) is 0 Å². The standard InChI is InChI=1S/C27H38O2/c1-18(2)8-6-9-20(4)24-17-25(29)26-21(10-7-15-27(24,26)5)12-13-22-16-23(28)14-11-19(22)3/h12-13,17-18,20,23,25-26,28-29H,3,7,9-11,14-16H2,1-2,4-5H3/t20-,23-,25?,26-,27-/m1/s1. The fourth-order valence-corrected chi connectivity index (χ4v) is 5.61. The first-order valence-corrected chi connectivity index (χ1v) is 11.4.